The van der Waals surface area contributed by atoms with Crippen LogP contribution in [0.4, 0.5) is 14.5 Å². The van der Waals surface area contributed by atoms with Gasteiger partial charge in [-0.05, 0) is 30.3 Å². The van der Waals surface area contributed by atoms with Gasteiger partial charge in [-0.1, -0.05) is 0 Å². The Bertz CT molecular complexity index is 764. The first-order valence-corrected chi connectivity index (χ1v) is 8.97. The monoisotopic (exact) mass is 357 g/mol. The number of rotatable bonds is 5. The average Bonchev–Trinajstić information content (AvgIpc) is 3.08. The van der Waals surface area contributed by atoms with E-state index >= 15 is 0 Å². The Balaban J connectivity index is 1.70. The topological polar surface area (TPSA) is 64.4 Å². The van der Waals surface area contributed by atoms with Crippen molar-refractivity contribution >= 4 is 15.5 Å². The lowest BCUT2D eigenvalue weighted by Crippen LogP contribution is -2.44. The number of alkyl halides is 2. The van der Waals surface area contributed by atoms with Crippen molar-refractivity contribution in [2.24, 2.45) is 0 Å². The first-order chi connectivity index (χ1) is 11.5. The van der Waals surface area contributed by atoms with Crippen LogP contribution < -0.4 is 4.90 Å². The lowest BCUT2D eigenvalue weighted by molar-refractivity contribution is 0.0274. The molecule has 1 atom stereocenters. The Morgan fingerprint density at radius 3 is 2.67 bits per heavy atom. The molecule has 3 rings (SSSR count). The van der Waals surface area contributed by atoms with Gasteiger partial charge in [0.1, 0.15) is 0 Å². The molecule has 0 spiro atoms. The summed E-state index contributed by atoms with van der Waals surface area (Å²) < 4.78 is 55.5. The molecule has 1 unspecified atom stereocenters. The Hall–Kier alpha value is -2.00. The number of ether oxygens (including phenoxy) is 1. The van der Waals surface area contributed by atoms with Crippen LogP contribution in [0.25, 0.3) is 0 Å². The molecule has 2 heterocycles. The summed E-state index contributed by atoms with van der Waals surface area (Å²) in [6.07, 6.45) is 3.50. The average molecular weight is 357 g/mol. The molecule has 0 aliphatic carbocycles. The maximum absolute atomic E-state index is 12.6. The predicted octanol–water partition coefficient (Wildman–Crippen LogP) is 1.78. The molecule has 1 aromatic carbocycles. The molecule has 1 aliphatic heterocycles. The van der Waals surface area contributed by atoms with E-state index in [0.29, 0.717) is 26.2 Å². The molecular weight excluding hydrogens is 340 g/mol. The van der Waals surface area contributed by atoms with Gasteiger partial charge in [0.05, 0.1) is 24.2 Å². The molecule has 2 aromatic rings. The second-order valence-corrected chi connectivity index (χ2v) is 7.38. The zero-order valence-corrected chi connectivity index (χ0v) is 13.6. The second-order valence-electron chi connectivity index (χ2n) is 5.47. The summed E-state index contributed by atoms with van der Waals surface area (Å²) in [6.45, 7) is 2.40. The lowest BCUT2D eigenvalue weighted by atomic mass is 10.2. The number of morpholine rings is 1. The molecule has 0 saturated carbocycles. The highest BCUT2D eigenvalue weighted by Gasteiger charge is 2.27. The number of sulfone groups is 1. The molecule has 1 saturated heterocycles. The Kier molecular flexibility index (Phi) is 4.81. The number of aromatic nitrogens is 2. The zero-order valence-electron chi connectivity index (χ0n) is 12.8. The lowest BCUT2D eigenvalue weighted by Gasteiger charge is -2.34. The van der Waals surface area contributed by atoms with E-state index in [-0.39, 0.29) is 11.0 Å². The minimum Gasteiger partial charge on any atom is -0.373 e. The van der Waals surface area contributed by atoms with Gasteiger partial charge in [-0.25, -0.2) is 8.42 Å². The van der Waals surface area contributed by atoms with E-state index in [9.17, 15) is 17.2 Å². The molecule has 0 bridgehead atoms. The third kappa shape index (κ3) is 3.57. The highest BCUT2D eigenvalue weighted by atomic mass is 32.2. The van der Waals surface area contributed by atoms with Gasteiger partial charge < -0.3 is 9.64 Å². The quantitative estimate of drug-likeness (QED) is 0.816. The Labute approximate surface area is 138 Å². The van der Waals surface area contributed by atoms with E-state index in [1.54, 1.807) is 23.0 Å². The van der Waals surface area contributed by atoms with E-state index in [1.807, 2.05) is 17.2 Å². The summed E-state index contributed by atoms with van der Waals surface area (Å²) in [5.41, 5.74) is 0.775. The Morgan fingerprint density at radius 2 is 2.04 bits per heavy atom. The number of hydrogen-bond acceptors (Lipinski definition) is 5. The van der Waals surface area contributed by atoms with Crippen molar-refractivity contribution in [1.82, 2.24) is 9.78 Å². The molecule has 9 heteroatoms. The number of benzene rings is 1. The van der Waals surface area contributed by atoms with Crippen LogP contribution in [0.1, 0.15) is 0 Å². The maximum atomic E-state index is 12.6. The summed E-state index contributed by atoms with van der Waals surface area (Å²) in [6, 6.07) is 7.36. The number of hydrogen-bond donors (Lipinski definition) is 0. The summed E-state index contributed by atoms with van der Waals surface area (Å²) in [4.78, 5) is 1.67. The first-order valence-electron chi connectivity index (χ1n) is 7.43. The van der Waals surface area contributed by atoms with E-state index < -0.39 is 15.6 Å². The normalized spacial score (nSPS) is 19.0. The first kappa shape index (κ1) is 16.8. The number of nitrogens with zero attached hydrogens (tertiary/aromatic N) is 3. The van der Waals surface area contributed by atoms with E-state index in [2.05, 4.69) is 5.10 Å². The van der Waals surface area contributed by atoms with Crippen molar-refractivity contribution in [3.05, 3.63) is 42.7 Å². The molecule has 130 valence electrons. The summed E-state index contributed by atoms with van der Waals surface area (Å²) in [5.74, 6) is -3.41. The van der Waals surface area contributed by atoms with Crippen LogP contribution in [0.5, 0.6) is 0 Å². The molecule has 0 radical (unpaired) electrons. The van der Waals surface area contributed by atoms with Crippen molar-refractivity contribution in [2.75, 3.05) is 24.6 Å². The molecule has 0 N–H and O–H groups in total. The summed E-state index contributed by atoms with van der Waals surface area (Å²) in [5, 5.41) is 4.14. The van der Waals surface area contributed by atoms with E-state index in [4.69, 9.17) is 4.74 Å². The standard InChI is InChI=1S/C15H17F2N3O3S/c16-15(17)24(21,22)14-4-2-12(3-5-14)19-8-9-23-13(10-19)11-20-7-1-6-18-20/h1-7,13,15H,8-11H2. The van der Waals surface area contributed by atoms with Crippen molar-refractivity contribution in [1.29, 1.82) is 0 Å². The third-order valence-corrected chi connectivity index (χ3v) is 5.25. The number of halogens is 2. The molecule has 24 heavy (non-hydrogen) atoms. The van der Waals surface area contributed by atoms with Gasteiger partial charge in [0.25, 0.3) is 0 Å². The van der Waals surface area contributed by atoms with E-state index in [0.717, 1.165) is 5.69 Å². The van der Waals surface area contributed by atoms with Gasteiger partial charge >= 0.3 is 5.76 Å². The van der Waals surface area contributed by atoms with Gasteiger partial charge in [0.15, 0.2) is 0 Å². The molecular formula is C15H17F2N3O3S. The summed E-state index contributed by atoms with van der Waals surface area (Å²) >= 11 is 0. The maximum Gasteiger partial charge on any atom is 0.341 e. The van der Waals surface area contributed by atoms with Crippen LogP contribution >= 0.6 is 0 Å². The second kappa shape index (κ2) is 6.86. The molecule has 6 nitrogen and oxygen atoms in total. The number of anilines is 1. The van der Waals surface area contributed by atoms with Crippen LogP contribution in [0.15, 0.2) is 47.6 Å². The van der Waals surface area contributed by atoms with Gasteiger partial charge in [-0.2, -0.15) is 13.9 Å². The van der Waals surface area contributed by atoms with Crippen LogP contribution in [0, 0.1) is 0 Å². The van der Waals surface area contributed by atoms with Gasteiger partial charge in [-0.15, -0.1) is 0 Å². The van der Waals surface area contributed by atoms with Gasteiger partial charge in [0.2, 0.25) is 9.84 Å². The smallest absolute Gasteiger partial charge is 0.341 e. The third-order valence-electron chi connectivity index (χ3n) is 3.85. The van der Waals surface area contributed by atoms with Crippen molar-refractivity contribution in [3.63, 3.8) is 0 Å². The zero-order chi connectivity index (χ0) is 17.2. The SMILES string of the molecule is O=S(=O)(c1ccc(N2CCOC(Cn3cccn3)C2)cc1)C(F)F. The van der Waals surface area contributed by atoms with Crippen LogP contribution in [0.3, 0.4) is 0 Å². The Morgan fingerprint density at radius 1 is 1.29 bits per heavy atom. The predicted molar refractivity (Wildman–Crippen MR) is 83.8 cm³/mol. The van der Waals surface area contributed by atoms with Crippen molar-refractivity contribution < 1.29 is 21.9 Å². The minimum atomic E-state index is -4.56. The molecule has 0 amide bonds. The highest BCUT2D eigenvalue weighted by Crippen LogP contribution is 2.23. The van der Waals surface area contributed by atoms with Gasteiger partial charge in [0, 0.05) is 31.2 Å². The van der Waals surface area contributed by atoms with Crippen LogP contribution in [-0.2, 0) is 21.1 Å². The van der Waals surface area contributed by atoms with Crippen molar-refractivity contribution in [2.45, 2.75) is 23.3 Å². The van der Waals surface area contributed by atoms with Crippen LogP contribution in [-0.4, -0.2) is 49.8 Å². The largest absolute Gasteiger partial charge is 0.373 e. The fourth-order valence-corrected chi connectivity index (χ4v) is 3.35. The molecule has 1 fully saturated rings. The van der Waals surface area contributed by atoms with E-state index in [1.165, 1.54) is 12.1 Å². The van der Waals surface area contributed by atoms with Crippen LogP contribution in [0.2, 0.25) is 0 Å². The van der Waals surface area contributed by atoms with Gasteiger partial charge in [-0.3, -0.25) is 4.68 Å². The highest BCUT2D eigenvalue weighted by molar-refractivity contribution is 7.91. The molecule has 1 aliphatic rings. The molecule has 1 aromatic heterocycles. The summed E-state index contributed by atoms with van der Waals surface area (Å²) in [7, 11) is -4.56. The fraction of sp³-hybridized carbons (Fsp3) is 0.400. The van der Waals surface area contributed by atoms with Crippen molar-refractivity contribution in [3.8, 4) is 0 Å². The fourth-order valence-electron chi connectivity index (χ4n) is 2.63. The minimum absolute atomic E-state index is 0.0527.